The number of benzene rings is 2. The van der Waals surface area contributed by atoms with Crippen molar-refractivity contribution < 1.29 is 4.42 Å². The van der Waals surface area contributed by atoms with Crippen molar-refractivity contribution in [2.75, 3.05) is 0 Å². The van der Waals surface area contributed by atoms with Gasteiger partial charge in [0.15, 0.2) is 0 Å². The summed E-state index contributed by atoms with van der Waals surface area (Å²) in [6.07, 6.45) is 0. The molecule has 0 bridgehead atoms. The number of hydrogen-bond donors (Lipinski definition) is 0. The van der Waals surface area contributed by atoms with Crippen LogP contribution in [-0.2, 0) is 6.54 Å². The Morgan fingerprint density at radius 2 is 1.77 bits per heavy atom. The van der Waals surface area contributed by atoms with Gasteiger partial charge in [-0.25, -0.2) is 4.98 Å². The van der Waals surface area contributed by atoms with Crippen molar-refractivity contribution in [3.8, 4) is 0 Å². The van der Waals surface area contributed by atoms with E-state index in [2.05, 4.69) is 29.8 Å². The molecule has 1 atom stereocenters. The Hall–Kier alpha value is -2.40. The molecule has 26 heavy (non-hydrogen) atoms. The molecule has 4 nitrogen and oxygen atoms in total. The predicted molar refractivity (Wildman–Crippen MR) is 108 cm³/mol. The Balaban J connectivity index is 2.01. The van der Waals surface area contributed by atoms with E-state index in [-0.39, 0.29) is 10.4 Å². The number of alkyl halides is 1. The largest absolute Gasteiger partial charge is 0.448 e. The molecule has 0 saturated heterocycles. The van der Waals surface area contributed by atoms with Crippen molar-refractivity contribution in [2.45, 2.75) is 25.2 Å². The molecule has 0 fully saturated rings. The molecule has 0 aliphatic heterocycles. The fraction of sp³-hybridized carbons (Fsp3) is 0.238. The Labute approximate surface area is 159 Å². The van der Waals surface area contributed by atoms with Crippen LogP contribution in [0.3, 0.4) is 0 Å². The number of nitrogens with zero attached hydrogens (tertiary/aromatic N) is 2. The summed E-state index contributed by atoms with van der Waals surface area (Å²) in [7, 11) is 0. The number of aromatic nitrogens is 2. The predicted octanol–water partition coefficient (Wildman–Crippen LogP) is 5.28. The standard InChI is InChI=1S/C21H19BrN2O2/c1-13(2)17(22)20-23-18-15-10-6-7-11-16(15)26-19(18)21(25)24(20)12-14-8-4-3-5-9-14/h3-11,13,17H,12H2,1-2H3. The lowest BCUT2D eigenvalue weighted by molar-refractivity contribution is 0.561. The summed E-state index contributed by atoms with van der Waals surface area (Å²) in [5.41, 5.74) is 2.54. The van der Waals surface area contributed by atoms with Crippen molar-refractivity contribution in [1.29, 1.82) is 0 Å². The number of hydrogen-bond acceptors (Lipinski definition) is 3. The summed E-state index contributed by atoms with van der Waals surface area (Å²) in [4.78, 5) is 18.1. The van der Waals surface area contributed by atoms with Crippen LogP contribution in [0.2, 0.25) is 0 Å². The van der Waals surface area contributed by atoms with Gasteiger partial charge in [0.25, 0.3) is 5.56 Å². The highest BCUT2D eigenvalue weighted by Crippen LogP contribution is 2.32. The van der Waals surface area contributed by atoms with Crippen LogP contribution in [0.4, 0.5) is 0 Å². The van der Waals surface area contributed by atoms with E-state index in [0.29, 0.717) is 29.1 Å². The third-order valence-corrected chi connectivity index (χ3v) is 5.99. The highest BCUT2D eigenvalue weighted by Gasteiger charge is 2.23. The van der Waals surface area contributed by atoms with Crippen LogP contribution < -0.4 is 5.56 Å². The van der Waals surface area contributed by atoms with E-state index in [1.54, 1.807) is 4.57 Å². The van der Waals surface area contributed by atoms with Crippen LogP contribution in [0, 0.1) is 5.92 Å². The normalized spacial score (nSPS) is 12.9. The Morgan fingerprint density at radius 1 is 1.08 bits per heavy atom. The zero-order chi connectivity index (χ0) is 18.3. The van der Waals surface area contributed by atoms with Gasteiger partial charge in [-0.1, -0.05) is 72.2 Å². The van der Waals surface area contributed by atoms with E-state index in [4.69, 9.17) is 9.40 Å². The molecule has 2 aromatic carbocycles. The van der Waals surface area contributed by atoms with Crippen LogP contribution in [0.1, 0.15) is 30.1 Å². The molecule has 0 radical (unpaired) electrons. The minimum Gasteiger partial charge on any atom is -0.448 e. The van der Waals surface area contributed by atoms with Gasteiger partial charge in [-0.15, -0.1) is 0 Å². The fourth-order valence-corrected chi connectivity index (χ4v) is 3.47. The van der Waals surface area contributed by atoms with E-state index in [1.807, 2.05) is 54.6 Å². The first kappa shape index (κ1) is 17.0. The lowest BCUT2D eigenvalue weighted by Gasteiger charge is -2.19. The van der Waals surface area contributed by atoms with Crippen molar-refractivity contribution >= 4 is 38.0 Å². The molecule has 4 aromatic rings. The Morgan fingerprint density at radius 3 is 2.50 bits per heavy atom. The number of para-hydroxylation sites is 1. The summed E-state index contributed by atoms with van der Waals surface area (Å²) in [5, 5.41) is 0.871. The lowest BCUT2D eigenvalue weighted by atomic mass is 10.1. The van der Waals surface area contributed by atoms with Gasteiger partial charge in [-0.05, 0) is 23.6 Å². The summed E-state index contributed by atoms with van der Waals surface area (Å²) < 4.78 is 7.57. The molecule has 1 unspecified atom stereocenters. The Kier molecular flexibility index (Phi) is 4.41. The first-order valence-electron chi connectivity index (χ1n) is 8.66. The average Bonchev–Trinajstić information content (AvgIpc) is 3.03. The number of fused-ring (bicyclic) bond motifs is 3. The van der Waals surface area contributed by atoms with E-state index in [0.717, 1.165) is 16.8 Å². The van der Waals surface area contributed by atoms with Crippen molar-refractivity contribution in [3.05, 3.63) is 76.3 Å². The maximum atomic E-state index is 13.3. The zero-order valence-corrected chi connectivity index (χ0v) is 16.2. The fourth-order valence-electron chi connectivity index (χ4n) is 3.12. The highest BCUT2D eigenvalue weighted by molar-refractivity contribution is 9.09. The van der Waals surface area contributed by atoms with Gasteiger partial charge < -0.3 is 4.42 Å². The van der Waals surface area contributed by atoms with Crippen molar-refractivity contribution in [1.82, 2.24) is 9.55 Å². The van der Waals surface area contributed by atoms with Crippen molar-refractivity contribution in [2.24, 2.45) is 5.92 Å². The molecule has 0 amide bonds. The summed E-state index contributed by atoms with van der Waals surface area (Å²) in [6, 6.07) is 17.6. The highest BCUT2D eigenvalue weighted by atomic mass is 79.9. The SMILES string of the molecule is CC(C)C(Br)c1nc2c(oc3ccccc32)c(=O)n1Cc1ccccc1. The maximum Gasteiger partial charge on any atom is 0.297 e. The third-order valence-electron chi connectivity index (χ3n) is 4.53. The molecule has 4 rings (SSSR count). The molecular formula is C21H19BrN2O2. The van der Waals surface area contributed by atoms with E-state index >= 15 is 0 Å². The maximum absolute atomic E-state index is 13.3. The van der Waals surface area contributed by atoms with Gasteiger partial charge in [-0.2, -0.15) is 0 Å². The molecule has 5 heteroatoms. The second kappa shape index (κ2) is 6.72. The van der Waals surface area contributed by atoms with Crippen molar-refractivity contribution in [3.63, 3.8) is 0 Å². The van der Waals surface area contributed by atoms with Gasteiger partial charge >= 0.3 is 0 Å². The second-order valence-electron chi connectivity index (χ2n) is 6.77. The molecule has 0 saturated carbocycles. The van der Waals surface area contributed by atoms with Gasteiger partial charge in [0.2, 0.25) is 5.58 Å². The van der Waals surface area contributed by atoms with Crippen LogP contribution in [0.25, 0.3) is 22.1 Å². The van der Waals surface area contributed by atoms with Crippen LogP contribution >= 0.6 is 15.9 Å². The molecule has 0 aliphatic carbocycles. The molecule has 2 heterocycles. The third kappa shape index (κ3) is 2.86. The molecule has 132 valence electrons. The van der Waals surface area contributed by atoms with Gasteiger partial charge in [0.05, 0.1) is 11.4 Å². The first-order chi connectivity index (χ1) is 12.6. The summed E-state index contributed by atoms with van der Waals surface area (Å²) in [5.74, 6) is 1.02. The zero-order valence-electron chi connectivity index (χ0n) is 14.6. The van der Waals surface area contributed by atoms with Gasteiger partial charge in [0, 0.05) is 5.39 Å². The van der Waals surface area contributed by atoms with E-state index < -0.39 is 0 Å². The van der Waals surface area contributed by atoms with E-state index in [9.17, 15) is 4.79 Å². The quantitative estimate of drug-likeness (QED) is 0.429. The first-order valence-corrected chi connectivity index (χ1v) is 9.58. The number of furan rings is 1. The topological polar surface area (TPSA) is 48.0 Å². The van der Waals surface area contributed by atoms with Crippen LogP contribution in [0.15, 0.2) is 63.8 Å². The monoisotopic (exact) mass is 410 g/mol. The average molecular weight is 411 g/mol. The second-order valence-corrected chi connectivity index (χ2v) is 7.76. The number of halogens is 1. The molecule has 2 aromatic heterocycles. The Bertz CT molecular complexity index is 1130. The number of rotatable bonds is 4. The van der Waals surface area contributed by atoms with Gasteiger partial charge in [0.1, 0.15) is 16.9 Å². The minimum absolute atomic E-state index is 0.0306. The summed E-state index contributed by atoms with van der Waals surface area (Å²) >= 11 is 3.73. The molecule has 0 N–H and O–H groups in total. The van der Waals surface area contributed by atoms with Crippen LogP contribution in [-0.4, -0.2) is 9.55 Å². The minimum atomic E-state index is -0.143. The summed E-state index contributed by atoms with van der Waals surface area (Å²) in [6.45, 7) is 4.68. The molecular weight excluding hydrogens is 392 g/mol. The lowest BCUT2D eigenvalue weighted by Crippen LogP contribution is -2.27. The van der Waals surface area contributed by atoms with Crippen LogP contribution in [0.5, 0.6) is 0 Å². The smallest absolute Gasteiger partial charge is 0.297 e. The van der Waals surface area contributed by atoms with E-state index in [1.165, 1.54) is 0 Å². The van der Waals surface area contributed by atoms with Gasteiger partial charge in [-0.3, -0.25) is 9.36 Å². The molecule has 0 spiro atoms. The molecule has 0 aliphatic rings.